The summed E-state index contributed by atoms with van der Waals surface area (Å²) in [4.78, 5) is 26.1. The van der Waals surface area contributed by atoms with Gasteiger partial charge in [0.1, 0.15) is 0 Å². The molecule has 0 N–H and O–H groups in total. The molecular formula is C20H25N5O2. The smallest absolute Gasteiger partial charge is 0.250 e. The van der Waals surface area contributed by atoms with Gasteiger partial charge in [-0.25, -0.2) is 9.97 Å². The van der Waals surface area contributed by atoms with Crippen LogP contribution in [0, 0.1) is 5.92 Å². The van der Waals surface area contributed by atoms with Crippen molar-refractivity contribution in [3.05, 3.63) is 52.2 Å². The first-order chi connectivity index (χ1) is 13.3. The molecule has 0 saturated carbocycles. The van der Waals surface area contributed by atoms with E-state index in [9.17, 15) is 4.79 Å². The second kappa shape index (κ2) is 7.05. The van der Waals surface area contributed by atoms with Crippen LogP contribution in [0.1, 0.15) is 23.7 Å². The molecule has 0 amide bonds. The second-order valence-corrected chi connectivity index (χ2v) is 7.84. The van der Waals surface area contributed by atoms with Crippen LogP contribution in [0.3, 0.4) is 0 Å². The Hall–Kier alpha value is -2.25. The number of pyridine rings is 1. The monoisotopic (exact) mass is 367 g/mol. The topological polar surface area (TPSA) is 63.5 Å². The molecule has 0 radical (unpaired) electrons. The predicted octanol–water partition coefficient (Wildman–Crippen LogP) is 1.09. The van der Waals surface area contributed by atoms with Crippen LogP contribution in [0.5, 0.6) is 0 Å². The third kappa shape index (κ3) is 3.37. The molecule has 7 heteroatoms. The van der Waals surface area contributed by atoms with Crippen molar-refractivity contribution < 1.29 is 4.74 Å². The van der Waals surface area contributed by atoms with E-state index in [1.807, 2.05) is 22.9 Å². The zero-order chi connectivity index (χ0) is 18.2. The second-order valence-electron chi connectivity index (χ2n) is 7.84. The molecule has 2 aromatic heterocycles. The molecule has 3 aliphatic heterocycles. The van der Waals surface area contributed by atoms with E-state index in [4.69, 9.17) is 9.72 Å². The van der Waals surface area contributed by atoms with Gasteiger partial charge in [0.25, 0.3) is 5.56 Å². The lowest BCUT2D eigenvalue weighted by atomic mass is 9.83. The van der Waals surface area contributed by atoms with Gasteiger partial charge in [0, 0.05) is 63.1 Å². The lowest BCUT2D eigenvalue weighted by Crippen LogP contribution is -2.46. The summed E-state index contributed by atoms with van der Waals surface area (Å²) in [6.45, 7) is 6.86. The van der Waals surface area contributed by atoms with Gasteiger partial charge < -0.3 is 14.2 Å². The van der Waals surface area contributed by atoms with Gasteiger partial charge in [-0.2, -0.15) is 0 Å². The molecule has 5 heterocycles. The summed E-state index contributed by atoms with van der Waals surface area (Å²) < 4.78 is 7.41. The number of morpholine rings is 1. The largest absolute Gasteiger partial charge is 0.378 e. The number of anilines is 1. The first-order valence-electron chi connectivity index (χ1n) is 9.83. The maximum atomic E-state index is 12.2. The first-order valence-corrected chi connectivity index (χ1v) is 9.83. The fourth-order valence-electron chi connectivity index (χ4n) is 4.74. The molecule has 5 rings (SSSR count). The molecule has 0 aliphatic carbocycles. The predicted molar refractivity (Wildman–Crippen MR) is 102 cm³/mol. The number of hydrogen-bond acceptors (Lipinski definition) is 6. The van der Waals surface area contributed by atoms with Crippen molar-refractivity contribution in [2.24, 2.45) is 5.92 Å². The minimum Gasteiger partial charge on any atom is -0.378 e. The number of piperidine rings is 1. The van der Waals surface area contributed by atoms with Crippen LogP contribution >= 0.6 is 0 Å². The highest BCUT2D eigenvalue weighted by Gasteiger charge is 2.34. The average molecular weight is 367 g/mol. The lowest BCUT2D eigenvalue weighted by molar-refractivity contribution is 0.113. The van der Waals surface area contributed by atoms with Crippen LogP contribution in [0.25, 0.3) is 0 Å². The van der Waals surface area contributed by atoms with E-state index in [1.54, 1.807) is 6.07 Å². The maximum absolute atomic E-state index is 12.2. The summed E-state index contributed by atoms with van der Waals surface area (Å²) in [6, 6.07) is 7.71. The Morgan fingerprint density at radius 1 is 1.11 bits per heavy atom. The summed E-state index contributed by atoms with van der Waals surface area (Å²) in [6.07, 6.45) is 3.05. The summed E-state index contributed by atoms with van der Waals surface area (Å²) in [5.74, 6) is 1.79. The Labute approximate surface area is 158 Å². The Balaban J connectivity index is 1.32. The fraction of sp³-hybridized carbons (Fsp3) is 0.550. The highest BCUT2D eigenvalue weighted by Crippen LogP contribution is 2.35. The molecule has 0 unspecified atom stereocenters. The molecule has 2 atom stereocenters. The standard InChI is InChI=1S/C20H25N5O2/c26-19-3-1-2-18-16-10-15(12-25(18)19)11-23(13-16)14-17-4-5-21-20(22-17)24-6-8-27-9-7-24/h1-5,15-16H,6-14H2/t15-,16-/m1/s1. The van der Waals surface area contributed by atoms with Crippen molar-refractivity contribution in [1.82, 2.24) is 19.4 Å². The van der Waals surface area contributed by atoms with Gasteiger partial charge in [-0.05, 0) is 24.5 Å². The van der Waals surface area contributed by atoms with Gasteiger partial charge in [-0.15, -0.1) is 0 Å². The zero-order valence-electron chi connectivity index (χ0n) is 15.5. The molecule has 3 aliphatic rings. The van der Waals surface area contributed by atoms with Crippen molar-refractivity contribution in [1.29, 1.82) is 0 Å². The lowest BCUT2D eigenvalue weighted by Gasteiger charge is -2.42. The minimum absolute atomic E-state index is 0.140. The van der Waals surface area contributed by atoms with Crippen LogP contribution in [0.15, 0.2) is 35.3 Å². The van der Waals surface area contributed by atoms with E-state index in [0.717, 1.165) is 64.1 Å². The fourth-order valence-corrected chi connectivity index (χ4v) is 4.74. The van der Waals surface area contributed by atoms with E-state index in [-0.39, 0.29) is 5.56 Å². The molecule has 27 heavy (non-hydrogen) atoms. The Morgan fingerprint density at radius 2 is 2.00 bits per heavy atom. The number of nitrogens with zero attached hydrogens (tertiary/aromatic N) is 5. The van der Waals surface area contributed by atoms with Gasteiger partial charge in [0.2, 0.25) is 5.95 Å². The number of fused-ring (bicyclic) bond motifs is 4. The Bertz CT molecular complexity index is 877. The van der Waals surface area contributed by atoms with E-state index < -0.39 is 0 Å². The Morgan fingerprint density at radius 3 is 2.89 bits per heavy atom. The Kier molecular flexibility index (Phi) is 4.41. The summed E-state index contributed by atoms with van der Waals surface area (Å²) in [5.41, 5.74) is 2.40. The molecule has 2 aromatic rings. The number of hydrogen-bond donors (Lipinski definition) is 0. The van der Waals surface area contributed by atoms with Crippen molar-refractivity contribution >= 4 is 5.95 Å². The van der Waals surface area contributed by atoms with Crippen LogP contribution < -0.4 is 10.5 Å². The van der Waals surface area contributed by atoms with E-state index in [0.29, 0.717) is 11.8 Å². The van der Waals surface area contributed by atoms with Crippen molar-refractivity contribution in [2.75, 3.05) is 44.3 Å². The molecule has 2 fully saturated rings. The first kappa shape index (κ1) is 16.9. The van der Waals surface area contributed by atoms with E-state index >= 15 is 0 Å². The zero-order valence-corrected chi connectivity index (χ0v) is 15.5. The number of ether oxygens (including phenoxy) is 1. The van der Waals surface area contributed by atoms with E-state index in [2.05, 4.69) is 20.9 Å². The molecular weight excluding hydrogens is 342 g/mol. The third-order valence-electron chi connectivity index (χ3n) is 5.94. The molecule has 142 valence electrons. The van der Waals surface area contributed by atoms with Gasteiger partial charge in [0.15, 0.2) is 0 Å². The number of likely N-dealkylation sites (tertiary alicyclic amines) is 1. The van der Waals surface area contributed by atoms with Crippen LogP contribution in [0.2, 0.25) is 0 Å². The average Bonchev–Trinajstić information content (AvgIpc) is 2.70. The van der Waals surface area contributed by atoms with Crippen LogP contribution in [-0.4, -0.2) is 58.8 Å². The van der Waals surface area contributed by atoms with Crippen molar-refractivity contribution in [2.45, 2.75) is 25.4 Å². The number of rotatable bonds is 3. The maximum Gasteiger partial charge on any atom is 0.250 e. The summed E-state index contributed by atoms with van der Waals surface area (Å²) in [5, 5.41) is 0. The number of aromatic nitrogens is 3. The van der Waals surface area contributed by atoms with Gasteiger partial charge in [-0.3, -0.25) is 9.69 Å². The molecule has 0 spiro atoms. The SMILES string of the molecule is O=c1cccc2n1C[C@@H]1C[C@@H]2CN(Cc2ccnc(N3CCOCC3)n2)C1. The molecule has 2 saturated heterocycles. The molecule has 2 bridgehead atoms. The summed E-state index contributed by atoms with van der Waals surface area (Å²) in [7, 11) is 0. The van der Waals surface area contributed by atoms with Gasteiger partial charge in [0.05, 0.1) is 18.9 Å². The minimum atomic E-state index is 0.140. The van der Waals surface area contributed by atoms with Crippen LogP contribution in [-0.2, 0) is 17.8 Å². The summed E-state index contributed by atoms with van der Waals surface area (Å²) >= 11 is 0. The molecule has 7 nitrogen and oxygen atoms in total. The van der Waals surface area contributed by atoms with Crippen LogP contribution in [0.4, 0.5) is 5.95 Å². The highest BCUT2D eigenvalue weighted by atomic mass is 16.5. The normalized spacial score (nSPS) is 25.3. The van der Waals surface area contributed by atoms with E-state index in [1.165, 1.54) is 12.1 Å². The van der Waals surface area contributed by atoms with Gasteiger partial charge in [-0.1, -0.05) is 6.07 Å². The van der Waals surface area contributed by atoms with Gasteiger partial charge >= 0.3 is 0 Å². The molecule has 0 aromatic carbocycles. The van der Waals surface area contributed by atoms with Crippen molar-refractivity contribution in [3.63, 3.8) is 0 Å². The quantitative estimate of drug-likeness (QED) is 0.809. The highest BCUT2D eigenvalue weighted by molar-refractivity contribution is 5.30. The van der Waals surface area contributed by atoms with Crippen molar-refractivity contribution in [3.8, 4) is 0 Å². The third-order valence-corrected chi connectivity index (χ3v) is 5.94.